The number of carbonyl (C=O) groups excluding carboxylic acids is 1. The van der Waals surface area contributed by atoms with Gasteiger partial charge in [-0.05, 0) is 29.6 Å². The molecule has 13 heteroatoms. The summed E-state index contributed by atoms with van der Waals surface area (Å²) in [6, 6.07) is 4.52. The summed E-state index contributed by atoms with van der Waals surface area (Å²) in [5.74, 6) is -0.494. The van der Waals surface area contributed by atoms with Crippen molar-refractivity contribution in [2.45, 2.75) is 18.8 Å². The summed E-state index contributed by atoms with van der Waals surface area (Å²) in [6.07, 6.45) is -9.79. The van der Waals surface area contributed by atoms with E-state index in [-0.39, 0.29) is 19.0 Å². The molecule has 0 saturated carbocycles. The summed E-state index contributed by atoms with van der Waals surface area (Å²) in [4.78, 5) is 18.2. The van der Waals surface area contributed by atoms with E-state index in [1.54, 1.807) is 9.90 Å². The van der Waals surface area contributed by atoms with Crippen LogP contribution in [0.5, 0.6) is 0 Å². The van der Waals surface area contributed by atoms with Gasteiger partial charge in [-0.3, -0.25) is 4.79 Å². The molecule has 0 bridgehead atoms. The molecule has 0 aliphatic carbocycles. The van der Waals surface area contributed by atoms with Crippen molar-refractivity contribution in [1.82, 2.24) is 19.9 Å². The smallest absolute Gasteiger partial charge is 0.352 e. The van der Waals surface area contributed by atoms with E-state index in [2.05, 4.69) is 15.4 Å². The highest BCUT2D eigenvalue weighted by atomic mass is 32.1. The van der Waals surface area contributed by atoms with Crippen LogP contribution < -0.4 is 5.32 Å². The van der Waals surface area contributed by atoms with Gasteiger partial charge >= 0.3 is 12.4 Å². The fourth-order valence-corrected chi connectivity index (χ4v) is 4.41. The summed E-state index contributed by atoms with van der Waals surface area (Å²) < 4.78 is 79.5. The lowest BCUT2D eigenvalue weighted by Gasteiger charge is -2.14. The Morgan fingerprint density at radius 2 is 1.72 bits per heavy atom. The topological polar surface area (TPSA) is 59.3 Å². The van der Waals surface area contributed by atoms with Gasteiger partial charge in [-0.2, -0.15) is 31.3 Å². The van der Waals surface area contributed by atoms with E-state index < -0.39 is 35.0 Å². The minimum atomic E-state index is -5.02. The van der Waals surface area contributed by atoms with Crippen LogP contribution >= 0.6 is 22.7 Å². The summed E-state index contributed by atoms with van der Waals surface area (Å²) >= 11 is 2.80. The van der Waals surface area contributed by atoms with Gasteiger partial charge in [-0.25, -0.2) is 4.52 Å². The lowest BCUT2D eigenvalue weighted by atomic mass is 10.0. The number of fused-ring (bicyclic) bond motifs is 1. The molecular weight excluding hydrogens is 478 g/mol. The molecule has 0 saturated heterocycles. The molecule has 4 rings (SSSR count). The van der Waals surface area contributed by atoms with Crippen molar-refractivity contribution in [3.8, 4) is 10.7 Å². The Kier molecular flexibility index (Phi) is 5.71. The van der Waals surface area contributed by atoms with E-state index in [1.165, 1.54) is 22.7 Å². The number of hydrogen-bond donors (Lipinski definition) is 1. The van der Waals surface area contributed by atoms with Crippen molar-refractivity contribution < 1.29 is 31.1 Å². The number of amides is 1. The van der Waals surface area contributed by atoms with Crippen LogP contribution in [-0.4, -0.2) is 27.0 Å². The summed E-state index contributed by atoms with van der Waals surface area (Å²) in [5.41, 5.74) is -3.11. The minimum absolute atomic E-state index is 0.0174. The fourth-order valence-electron chi connectivity index (χ4n) is 2.90. The zero-order valence-corrected chi connectivity index (χ0v) is 17.4. The molecule has 0 aliphatic rings. The van der Waals surface area contributed by atoms with Crippen molar-refractivity contribution in [1.29, 1.82) is 0 Å². The Bertz CT molecular complexity index is 1230. The molecule has 3 aromatic heterocycles. The van der Waals surface area contributed by atoms with Crippen molar-refractivity contribution in [3.63, 3.8) is 0 Å². The SMILES string of the molecule is O=C(NCCc1csc2nc(-c3cccs3)nn12)c1cc(C(F)(F)F)cc(C(F)(F)F)c1. The lowest BCUT2D eigenvalue weighted by Crippen LogP contribution is -2.27. The Balaban J connectivity index is 1.48. The summed E-state index contributed by atoms with van der Waals surface area (Å²) in [5, 5.41) is 10.4. The third kappa shape index (κ3) is 4.63. The maximum absolute atomic E-state index is 13.0. The second-order valence-electron chi connectivity index (χ2n) is 6.63. The van der Waals surface area contributed by atoms with Gasteiger partial charge < -0.3 is 5.32 Å². The molecule has 5 nitrogen and oxygen atoms in total. The van der Waals surface area contributed by atoms with Crippen LogP contribution in [-0.2, 0) is 18.8 Å². The maximum Gasteiger partial charge on any atom is 0.416 e. The van der Waals surface area contributed by atoms with Crippen molar-refractivity contribution in [2.24, 2.45) is 0 Å². The number of aromatic nitrogens is 3. The number of nitrogens with one attached hydrogen (secondary N) is 1. The first-order valence-corrected chi connectivity index (χ1v) is 10.7. The van der Waals surface area contributed by atoms with E-state index in [4.69, 9.17) is 0 Å². The van der Waals surface area contributed by atoms with E-state index in [0.717, 1.165) is 4.88 Å². The van der Waals surface area contributed by atoms with Crippen LogP contribution in [0, 0.1) is 0 Å². The highest BCUT2D eigenvalue weighted by molar-refractivity contribution is 7.15. The molecule has 3 heterocycles. The number of hydrogen-bond acceptors (Lipinski definition) is 5. The molecule has 0 radical (unpaired) electrons. The molecule has 4 aromatic rings. The normalized spacial score (nSPS) is 12.4. The van der Waals surface area contributed by atoms with Crippen LogP contribution in [0.3, 0.4) is 0 Å². The van der Waals surface area contributed by atoms with Gasteiger partial charge in [-0.1, -0.05) is 6.07 Å². The zero-order chi connectivity index (χ0) is 23.1. The van der Waals surface area contributed by atoms with E-state index in [9.17, 15) is 31.1 Å². The number of benzene rings is 1. The standard InChI is InChI=1S/C19H12F6N4OS2/c20-18(21,22)11-6-10(7-12(8-11)19(23,24)25)16(30)26-4-3-13-9-32-17-27-15(28-29(13)17)14-2-1-5-31-14/h1-2,5-9H,3-4H2,(H,26,30). The van der Waals surface area contributed by atoms with Gasteiger partial charge in [0.15, 0.2) is 5.82 Å². The number of rotatable bonds is 5. The molecule has 0 atom stereocenters. The highest BCUT2D eigenvalue weighted by Gasteiger charge is 2.37. The van der Waals surface area contributed by atoms with Crippen molar-refractivity contribution >= 4 is 33.5 Å². The zero-order valence-electron chi connectivity index (χ0n) is 15.8. The fraction of sp³-hybridized carbons (Fsp3) is 0.211. The molecule has 0 unspecified atom stereocenters. The van der Waals surface area contributed by atoms with Gasteiger partial charge in [0.1, 0.15) is 0 Å². The molecule has 0 fully saturated rings. The quantitative estimate of drug-likeness (QED) is 0.375. The lowest BCUT2D eigenvalue weighted by molar-refractivity contribution is -0.143. The van der Waals surface area contributed by atoms with Gasteiger partial charge in [0.25, 0.3) is 5.91 Å². The molecule has 0 spiro atoms. The van der Waals surface area contributed by atoms with Crippen molar-refractivity contribution in [2.75, 3.05) is 6.54 Å². The minimum Gasteiger partial charge on any atom is -0.352 e. The van der Waals surface area contributed by atoms with E-state index in [1.807, 2.05) is 17.5 Å². The number of thiophene rings is 1. The number of halogens is 6. The predicted octanol–water partition coefficient (Wildman–Crippen LogP) is 5.53. The Hall–Kier alpha value is -2.93. The van der Waals surface area contributed by atoms with E-state index >= 15 is 0 Å². The van der Waals surface area contributed by atoms with Crippen LogP contribution in [0.15, 0.2) is 41.1 Å². The summed E-state index contributed by atoms with van der Waals surface area (Å²) in [7, 11) is 0. The number of alkyl halides is 6. The number of nitrogens with zero attached hydrogens (tertiary/aromatic N) is 3. The largest absolute Gasteiger partial charge is 0.416 e. The molecule has 1 N–H and O–H groups in total. The third-order valence-corrected chi connectivity index (χ3v) is 6.14. The first kappa shape index (κ1) is 22.3. The molecule has 1 aromatic carbocycles. The molecular formula is C19H12F6N4OS2. The number of carbonyl (C=O) groups is 1. The number of thiazole rings is 1. The van der Waals surface area contributed by atoms with E-state index in [0.29, 0.717) is 28.6 Å². The van der Waals surface area contributed by atoms with Gasteiger partial charge in [0, 0.05) is 23.9 Å². The second kappa shape index (κ2) is 8.20. The molecule has 168 valence electrons. The first-order valence-electron chi connectivity index (χ1n) is 8.97. The van der Waals surface area contributed by atoms with Crippen LogP contribution in [0.2, 0.25) is 0 Å². The van der Waals surface area contributed by atoms with Gasteiger partial charge in [0.05, 0.1) is 21.7 Å². The van der Waals surface area contributed by atoms with Gasteiger partial charge in [-0.15, -0.1) is 27.8 Å². The summed E-state index contributed by atoms with van der Waals surface area (Å²) in [6.45, 7) is -0.0174. The molecule has 1 amide bonds. The average Bonchev–Trinajstić information content (AvgIpc) is 3.44. The monoisotopic (exact) mass is 490 g/mol. The highest BCUT2D eigenvalue weighted by Crippen LogP contribution is 2.36. The van der Waals surface area contributed by atoms with Crippen LogP contribution in [0.4, 0.5) is 26.3 Å². The van der Waals surface area contributed by atoms with Crippen molar-refractivity contribution in [3.05, 3.63) is 63.5 Å². The van der Waals surface area contributed by atoms with Crippen LogP contribution in [0.1, 0.15) is 27.2 Å². The Morgan fingerprint density at radius 1 is 1.03 bits per heavy atom. The van der Waals surface area contributed by atoms with Gasteiger partial charge in [0.2, 0.25) is 4.96 Å². The second-order valence-corrected chi connectivity index (χ2v) is 8.42. The third-order valence-electron chi connectivity index (χ3n) is 4.41. The Labute approximate surface area is 184 Å². The predicted molar refractivity (Wildman–Crippen MR) is 107 cm³/mol. The molecule has 0 aliphatic heterocycles. The first-order chi connectivity index (χ1) is 15.0. The maximum atomic E-state index is 13.0. The Morgan fingerprint density at radius 3 is 2.31 bits per heavy atom. The average molecular weight is 490 g/mol. The van der Waals surface area contributed by atoms with Crippen LogP contribution in [0.25, 0.3) is 15.7 Å². The molecule has 32 heavy (non-hydrogen) atoms.